The Hall–Kier alpha value is -1.02. The van der Waals surface area contributed by atoms with Crippen molar-refractivity contribution in [2.45, 2.75) is 38.5 Å². The van der Waals surface area contributed by atoms with E-state index < -0.39 is 0 Å². The lowest BCUT2D eigenvalue weighted by molar-refractivity contribution is 0.0513. The first-order valence-electron chi connectivity index (χ1n) is 8.99. The Morgan fingerprint density at radius 3 is 2.40 bits per heavy atom. The molecule has 0 unspecified atom stereocenters. The summed E-state index contributed by atoms with van der Waals surface area (Å²) in [5.74, 6) is 1.80. The molecule has 1 saturated heterocycles. The van der Waals surface area contributed by atoms with E-state index in [1.165, 1.54) is 5.56 Å². The van der Waals surface area contributed by atoms with E-state index in [1.807, 2.05) is 14.0 Å². The smallest absolute Gasteiger partial charge is 0.191 e. The molecule has 0 aromatic heterocycles. The van der Waals surface area contributed by atoms with Crippen molar-refractivity contribution in [3.63, 3.8) is 0 Å². The Morgan fingerprint density at radius 1 is 1.16 bits per heavy atom. The normalized spacial score (nSPS) is 16.7. The summed E-state index contributed by atoms with van der Waals surface area (Å²) in [6, 6.07) is 8.53. The van der Waals surface area contributed by atoms with Gasteiger partial charge in [0.05, 0.1) is 6.61 Å². The van der Waals surface area contributed by atoms with Crippen molar-refractivity contribution in [1.29, 1.82) is 0 Å². The van der Waals surface area contributed by atoms with Gasteiger partial charge in [0.15, 0.2) is 5.96 Å². The minimum Gasteiger partial charge on any atom is -0.494 e. The minimum absolute atomic E-state index is 0. The standard InChI is InChI=1S/C19H31N3O2.HI/c1-4-12-21-18(20-3)22-15-19(10-13-23-14-11-19)16-6-8-17(9-7-16)24-5-2;/h6-9H,4-5,10-15H2,1-3H3,(H2,20,21,22);1H. The number of hydrogen-bond acceptors (Lipinski definition) is 3. The quantitative estimate of drug-likeness (QED) is 0.372. The Labute approximate surface area is 169 Å². The molecule has 0 aliphatic carbocycles. The molecule has 1 aliphatic heterocycles. The van der Waals surface area contributed by atoms with Crippen LogP contribution < -0.4 is 15.4 Å². The van der Waals surface area contributed by atoms with Crippen molar-refractivity contribution < 1.29 is 9.47 Å². The molecular weight excluding hydrogens is 429 g/mol. The predicted octanol–water partition coefficient (Wildman–Crippen LogP) is 3.33. The highest BCUT2D eigenvalue weighted by Gasteiger charge is 2.34. The molecule has 1 aliphatic rings. The van der Waals surface area contributed by atoms with E-state index in [0.29, 0.717) is 6.61 Å². The van der Waals surface area contributed by atoms with Crippen LogP contribution >= 0.6 is 24.0 Å². The molecule has 0 amide bonds. The molecule has 6 heteroatoms. The fourth-order valence-electron chi connectivity index (χ4n) is 3.12. The molecule has 142 valence electrons. The second kappa shape index (κ2) is 11.6. The number of hydrogen-bond donors (Lipinski definition) is 2. The number of guanidine groups is 1. The molecule has 0 atom stereocenters. The topological polar surface area (TPSA) is 54.9 Å². The third-order valence-electron chi connectivity index (χ3n) is 4.59. The van der Waals surface area contributed by atoms with E-state index in [0.717, 1.165) is 57.3 Å². The molecule has 0 bridgehead atoms. The van der Waals surface area contributed by atoms with E-state index >= 15 is 0 Å². The van der Waals surface area contributed by atoms with Gasteiger partial charge in [-0.25, -0.2) is 0 Å². The maximum absolute atomic E-state index is 5.61. The van der Waals surface area contributed by atoms with Gasteiger partial charge in [0.1, 0.15) is 5.75 Å². The summed E-state index contributed by atoms with van der Waals surface area (Å²) >= 11 is 0. The SMILES string of the molecule is CCCNC(=NC)NCC1(c2ccc(OCC)cc2)CCOCC1.I. The van der Waals surface area contributed by atoms with Gasteiger partial charge in [-0.1, -0.05) is 19.1 Å². The first-order chi connectivity index (χ1) is 11.7. The number of nitrogens with one attached hydrogen (secondary N) is 2. The van der Waals surface area contributed by atoms with E-state index in [2.05, 4.69) is 46.8 Å². The van der Waals surface area contributed by atoms with Gasteiger partial charge in [0, 0.05) is 38.8 Å². The van der Waals surface area contributed by atoms with Gasteiger partial charge in [-0.05, 0) is 43.9 Å². The van der Waals surface area contributed by atoms with Crippen molar-refractivity contribution in [3.8, 4) is 5.75 Å². The Kier molecular flexibility index (Phi) is 10.2. The van der Waals surface area contributed by atoms with Gasteiger partial charge >= 0.3 is 0 Å². The molecule has 1 heterocycles. The molecule has 5 nitrogen and oxygen atoms in total. The summed E-state index contributed by atoms with van der Waals surface area (Å²) in [6.45, 7) is 8.24. The van der Waals surface area contributed by atoms with E-state index in [-0.39, 0.29) is 29.4 Å². The van der Waals surface area contributed by atoms with Crippen LogP contribution in [0.5, 0.6) is 5.75 Å². The number of ether oxygens (including phenoxy) is 2. The van der Waals surface area contributed by atoms with Gasteiger partial charge in [-0.15, -0.1) is 24.0 Å². The fraction of sp³-hybridized carbons (Fsp3) is 0.632. The Bertz CT molecular complexity index is 514. The number of rotatable bonds is 7. The monoisotopic (exact) mass is 461 g/mol. The minimum atomic E-state index is 0. The Balaban J connectivity index is 0.00000312. The first-order valence-corrected chi connectivity index (χ1v) is 8.99. The third-order valence-corrected chi connectivity index (χ3v) is 4.59. The molecule has 25 heavy (non-hydrogen) atoms. The average Bonchev–Trinajstić information content (AvgIpc) is 2.63. The molecule has 1 aromatic rings. The molecule has 0 radical (unpaired) electrons. The molecule has 0 saturated carbocycles. The third kappa shape index (κ3) is 6.33. The van der Waals surface area contributed by atoms with Gasteiger partial charge in [-0.2, -0.15) is 0 Å². The first kappa shape index (κ1) is 22.0. The van der Waals surface area contributed by atoms with Crippen LogP contribution in [-0.4, -0.2) is 45.9 Å². The highest BCUT2D eigenvalue weighted by Crippen LogP contribution is 2.35. The maximum atomic E-state index is 5.61. The second-order valence-corrected chi connectivity index (χ2v) is 6.20. The zero-order valence-electron chi connectivity index (χ0n) is 15.6. The second-order valence-electron chi connectivity index (χ2n) is 6.20. The lowest BCUT2D eigenvalue weighted by Gasteiger charge is -2.38. The van der Waals surface area contributed by atoms with Crippen molar-refractivity contribution in [1.82, 2.24) is 10.6 Å². The molecule has 1 fully saturated rings. The van der Waals surface area contributed by atoms with Crippen LogP contribution in [0.1, 0.15) is 38.7 Å². The summed E-state index contributed by atoms with van der Waals surface area (Å²) in [7, 11) is 1.82. The zero-order valence-corrected chi connectivity index (χ0v) is 18.0. The van der Waals surface area contributed by atoms with Gasteiger partial charge in [0.2, 0.25) is 0 Å². The summed E-state index contributed by atoms with van der Waals surface area (Å²) in [6.07, 6.45) is 3.11. The van der Waals surface area contributed by atoms with Gasteiger partial charge in [-0.3, -0.25) is 4.99 Å². The highest BCUT2D eigenvalue weighted by atomic mass is 127. The summed E-state index contributed by atoms with van der Waals surface area (Å²) < 4.78 is 11.2. The summed E-state index contributed by atoms with van der Waals surface area (Å²) in [5.41, 5.74) is 1.42. The van der Waals surface area contributed by atoms with Crippen LogP contribution in [0, 0.1) is 0 Å². The summed E-state index contributed by atoms with van der Waals surface area (Å²) in [4.78, 5) is 4.32. The maximum Gasteiger partial charge on any atom is 0.191 e. The lowest BCUT2D eigenvalue weighted by atomic mass is 9.74. The van der Waals surface area contributed by atoms with E-state index in [9.17, 15) is 0 Å². The molecule has 1 aromatic carbocycles. The number of benzene rings is 1. The number of halogens is 1. The highest BCUT2D eigenvalue weighted by molar-refractivity contribution is 14.0. The fourth-order valence-corrected chi connectivity index (χ4v) is 3.12. The van der Waals surface area contributed by atoms with Crippen LogP contribution in [0.15, 0.2) is 29.3 Å². The zero-order chi connectivity index (χ0) is 17.3. The molecule has 2 N–H and O–H groups in total. The van der Waals surface area contributed by atoms with Gasteiger partial charge < -0.3 is 20.1 Å². The van der Waals surface area contributed by atoms with Crippen molar-refractivity contribution >= 4 is 29.9 Å². The van der Waals surface area contributed by atoms with Gasteiger partial charge in [0.25, 0.3) is 0 Å². The molecule has 0 spiro atoms. The number of aliphatic imine (C=N–C) groups is 1. The van der Waals surface area contributed by atoms with Crippen molar-refractivity contribution in [2.75, 3.05) is 40.0 Å². The number of nitrogens with zero attached hydrogens (tertiary/aromatic N) is 1. The van der Waals surface area contributed by atoms with Crippen LogP contribution in [0.2, 0.25) is 0 Å². The van der Waals surface area contributed by atoms with E-state index in [1.54, 1.807) is 0 Å². The molecule has 2 rings (SSSR count). The summed E-state index contributed by atoms with van der Waals surface area (Å²) in [5, 5.41) is 6.85. The van der Waals surface area contributed by atoms with Crippen LogP contribution in [0.25, 0.3) is 0 Å². The largest absolute Gasteiger partial charge is 0.494 e. The van der Waals surface area contributed by atoms with Crippen LogP contribution in [-0.2, 0) is 10.2 Å². The Morgan fingerprint density at radius 2 is 1.84 bits per heavy atom. The van der Waals surface area contributed by atoms with Crippen LogP contribution in [0.3, 0.4) is 0 Å². The van der Waals surface area contributed by atoms with Crippen molar-refractivity contribution in [2.24, 2.45) is 4.99 Å². The average molecular weight is 461 g/mol. The van der Waals surface area contributed by atoms with Crippen molar-refractivity contribution in [3.05, 3.63) is 29.8 Å². The lowest BCUT2D eigenvalue weighted by Crippen LogP contribution is -2.48. The molecular formula is C19H32IN3O2. The van der Waals surface area contributed by atoms with Crippen LogP contribution in [0.4, 0.5) is 0 Å². The predicted molar refractivity (Wildman–Crippen MR) is 114 cm³/mol. The van der Waals surface area contributed by atoms with E-state index in [4.69, 9.17) is 9.47 Å².